The predicted octanol–water partition coefficient (Wildman–Crippen LogP) is 2.85. The number of nitrogens with zero attached hydrogens (tertiary/aromatic N) is 1. The van der Waals surface area contributed by atoms with Crippen molar-refractivity contribution in [3.8, 4) is 0 Å². The summed E-state index contributed by atoms with van der Waals surface area (Å²) in [6, 6.07) is 0. The van der Waals surface area contributed by atoms with Crippen molar-refractivity contribution < 1.29 is 4.79 Å². The molecule has 18 heavy (non-hydrogen) atoms. The van der Waals surface area contributed by atoms with Gasteiger partial charge in [-0.1, -0.05) is 25.8 Å². The van der Waals surface area contributed by atoms with E-state index in [-0.39, 0.29) is 5.78 Å². The van der Waals surface area contributed by atoms with Gasteiger partial charge >= 0.3 is 0 Å². The fourth-order valence-electron chi connectivity index (χ4n) is 2.99. The van der Waals surface area contributed by atoms with Gasteiger partial charge in [0.15, 0.2) is 5.78 Å². The van der Waals surface area contributed by atoms with Gasteiger partial charge in [0.1, 0.15) is 11.4 Å². The highest BCUT2D eigenvalue weighted by Crippen LogP contribution is 2.37. The number of hydrogen-bond acceptors (Lipinski definition) is 3. The lowest BCUT2D eigenvalue weighted by atomic mass is 9.76. The van der Waals surface area contributed by atoms with E-state index in [0.717, 1.165) is 6.42 Å². The van der Waals surface area contributed by atoms with Gasteiger partial charge in [0.05, 0.1) is 0 Å². The molecule has 1 heterocycles. The number of nitrogens with two attached hydrogens (primary N) is 1. The van der Waals surface area contributed by atoms with Gasteiger partial charge in [0, 0.05) is 6.42 Å². The van der Waals surface area contributed by atoms with Crippen LogP contribution < -0.4 is 5.73 Å². The normalized spacial score (nSPS) is 29.7. The third-order valence-electron chi connectivity index (χ3n) is 4.11. The second kappa shape index (κ2) is 4.87. The van der Waals surface area contributed by atoms with Crippen molar-refractivity contribution in [2.75, 3.05) is 0 Å². The molecule has 2 rings (SSSR count). The number of aliphatic imine (C=N–C) groups is 1. The zero-order valence-electron chi connectivity index (χ0n) is 11.7. The average molecular weight is 248 g/mol. The van der Waals surface area contributed by atoms with Crippen LogP contribution in [-0.2, 0) is 4.79 Å². The Morgan fingerprint density at radius 1 is 1.50 bits per heavy atom. The molecule has 0 aromatic heterocycles. The SMILES string of the molecule is CC(C)CC1(C)N=C(N)C=C(C2CCC2)CC1=O. The van der Waals surface area contributed by atoms with E-state index in [2.05, 4.69) is 18.8 Å². The first-order valence-electron chi connectivity index (χ1n) is 7.00. The Balaban J connectivity index is 2.21. The number of allylic oxidation sites excluding steroid dienone is 1. The van der Waals surface area contributed by atoms with E-state index < -0.39 is 5.54 Å². The molecule has 1 unspecified atom stereocenters. The number of amidine groups is 1. The maximum absolute atomic E-state index is 12.5. The molecule has 0 spiro atoms. The highest BCUT2D eigenvalue weighted by molar-refractivity contribution is 6.00. The van der Waals surface area contributed by atoms with Crippen LogP contribution in [0, 0.1) is 11.8 Å². The monoisotopic (exact) mass is 248 g/mol. The second-order valence-corrected chi connectivity index (χ2v) is 6.36. The van der Waals surface area contributed by atoms with E-state index in [1.54, 1.807) is 0 Å². The van der Waals surface area contributed by atoms with Crippen molar-refractivity contribution in [3.05, 3.63) is 11.6 Å². The summed E-state index contributed by atoms with van der Waals surface area (Å²) in [5.74, 6) is 1.78. The van der Waals surface area contributed by atoms with Gasteiger partial charge in [-0.15, -0.1) is 0 Å². The first-order valence-corrected chi connectivity index (χ1v) is 7.00. The molecule has 1 aliphatic carbocycles. The molecule has 2 aliphatic rings. The van der Waals surface area contributed by atoms with Crippen molar-refractivity contribution in [1.29, 1.82) is 0 Å². The maximum atomic E-state index is 12.5. The lowest BCUT2D eigenvalue weighted by molar-refractivity contribution is -0.123. The van der Waals surface area contributed by atoms with Gasteiger partial charge in [-0.05, 0) is 44.1 Å². The maximum Gasteiger partial charge on any atom is 0.164 e. The van der Waals surface area contributed by atoms with Gasteiger partial charge in [0.2, 0.25) is 0 Å². The zero-order valence-corrected chi connectivity index (χ0v) is 11.7. The lowest BCUT2D eigenvalue weighted by Gasteiger charge is -2.29. The van der Waals surface area contributed by atoms with Crippen LogP contribution >= 0.6 is 0 Å². The number of rotatable bonds is 3. The Morgan fingerprint density at radius 2 is 2.17 bits per heavy atom. The number of ketones is 1. The van der Waals surface area contributed by atoms with Gasteiger partial charge in [-0.25, -0.2) is 0 Å². The minimum absolute atomic E-state index is 0.231. The number of hydrogen-bond donors (Lipinski definition) is 1. The Hall–Kier alpha value is -1.12. The summed E-state index contributed by atoms with van der Waals surface area (Å²) in [7, 11) is 0. The fraction of sp³-hybridized carbons (Fsp3) is 0.733. The largest absolute Gasteiger partial charge is 0.384 e. The molecule has 2 N–H and O–H groups in total. The van der Waals surface area contributed by atoms with Crippen LogP contribution in [0.15, 0.2) is 16.6 Å². The van der Waals surface area contributed by atoms with Crippen LogP contribution in [0.1, 0.15) is 52.9 Å². The molecule has 0 radical (unpaired) electrons. The Kier molecular flexibility index (Phi) is 3.60. The molecular weight excluding hydrogens is 224 g/mol. The lowest BCUT2D eigenvalue weighted by Crippen LogP contribution is -2.36. The Morgan fingerprint density at radius 3 is 2.67 bits per heavy atom. The number of Topliss-reactive ketones (excluding diaryl/α,β-unsaturated/α-hetero) is 1. The standard InChI is InChI=1S/C15H24N2O/c1-10(2)9-15(3)13(18)7-12(8-14(16)17-15)11-5-4-6-11/h8,10-11H,4-7,9H2,1-3H3,(H2,16,17). The third kappa shape index (κ3) is 2.65. The van der Waals surface area contributed by atoms with E-state index in [0.29, 0.717) is 24.1 Å². The van der Waals surface area contributed by atoms with E-state index in [1.165, 1.54) is 24.8 Å². The molecule has 1 atom stereocenters. The predicted molar refractivity (Wildman–Crippen MR) is 74.5 cm³/mol. The summed E-state index contributed by atoms with van der Waals surface area (Å²) >= 11 is 0. The Labute approximate surface area is 110 Å². The van der Waals surface area contributed by atoms with Gasteiger partial charge in [-0.2, -0.15) is 0 Å². The van der Waals surface area contributed by atoms with Gasteiger partial charge in [0.25, 0.3) is 0 Å². The molecular formula is C15H24N2O. The molecule has 0 aromatic carbocycles. The summed E-state index contributed by atoms with van der Waals surface area (Å²) in [5, 5.41) is 0. The van der Waals surface area contributed by atoms with E-state index in [4.69, 9.17) is 5.73 Å². The topological polar surface area (TPSA) is 55.4 Å². The van der Waals surface area contributed by atoms with E-state index >= 15 is 0 Å². The summed E-state index contributed by atoms with van der Waals surface area (Å²) in [4.78, 5) is 17.0. The van der Waals surface area contributed by atoms with Crippen molar-refractivity contribution in [1.82, 2.24) is 0 Å². The molecule has 100 valence electrons. The molecule has 0 amide bonds. The van der Waals surface area contributed by atoms with Crippen LogP contribution in [0.5, 0.6) is 0 Å². The Bertz CT molecular complexity index is 405. The second-order valence-electron chi connectivity index (χ2n) is 6.36. The van der Waals surface area contributed by atoms with Crippen molar-refractivity contribution in [3.63, 3.8) is 0 Å². The summed E-state index contributed by atoms with van der Waals surface area (Å²) < 4.78 is 0. The van der Waals surface area contributed by atoms with Crippen LogP contribution in [-0.4, -0.2) is 17.2 Å². The summed E-state index contributed by atoms with van der Waals surface area (Å²) in [6.45, 7) is 6.17. The quantitative estimate of drug-likeness (QED) is 0.835. The molecule has 1 aliphatic heterocycles. The van der Waals surface area contributed by atoms with Crippen molar-refractivity contribution >= 4 is 11.6 Å². The molecule has 1 fully saturated rings. The molecule has 0 bridgehead atoms. The summed E-state index contributed by atoms with van der Waals surface area (Å²) in [5.41, 5.74) is 6.56. The highest BCUT2D eigenvalue weighted by Gasteiger charge is 2.37. The fourth-order valence-corrected chi connectivity index (χ4v) is 2.99. The van der Waals surface area contributed by atoms with Crippen LogP contribution in [0.2, 0.25) is 0 Å². The zero-order chi connectivity index (χ0) is 13.3. The van der Waals surface area contributed by atoms with E-state index in [1.807, 2.05) is 13.0 Å². The van der Waals surface area contributed by atoms with Crippen molar-refractivity contribution in [2.45, 2.75) is 58.4 Å². The average Bonchev–Trinajstić information content (AvgIpc) is 2.20. The first-order chi connectivity index (χ1) is 8.40. The van der Waals surface area contributed by atoms with Crippen LogP contribution in [0.3, 0.4) is 0 Å². The molecule has 0 aromatic rings. The minimum Gasteiger partial charge on any atom is -0.384 e. The number of carbonyl (C=O) groups excluding carboxylic acids is 1. The van der Waals surface area contributed by atoms with Gasteiger partial charge < -0.3 is 5.73 Å². The smallest absolute Gasteiger partial charge is 0.164 e. The third-order valence-corrected chi connectivity index (χ3v) is 4.11. The first kappa shape index (κ1) is 13.3. The molecule has 0 saturated heterocycles. The van der Waals surface area contributed by atoms with Crippen LogP contribution in [0.4, 0.5) is 0 Å². The molecule has 3 heteroatoms. The molecule has 1 saturated carbocycles. The number of carbonyl (C=O) groups is 1. The van der Waals surface area contributed by atoms with Crippen molar-refractivity contribution in [2.24, 2.45) is 22.6 Å². The minimum atomic E-state index is -0.625. The van der Waals surface area contributed by atoms with Gasteiger partial charge in [-0.3, -0.25) is 9.79 Å². The molecule has 3 nitrogen and oxygen atoms in total. The van der Waals surface area contributed by atoms with E-state index in [9.17, 15) is 4.79 Å². The van der Waals surface area contributed by atoms with Crippen LogP contribution in [0.25, 0.3) is 0 Å². The highest BCUT2D eigenvalue weighted by atomic mass is 16.1. The summed E-state index contributed by atoms with van der Waals surface area (Å²) in [6.07, 6.45) is 6.95.